The maximum absolute atomic E-state index is 11.5. The molecular weight excluding hydrogens is 252 g/mol. The Balaban J connectivity index is 2.23. The summed E-state index contributed by atoms with van der Waals surface area (Å²) in [7, 11) is -1.04. The Hall–Kier alpha value is -1.37. The number of sulfone groups is 1. The highest BCUT2D eigenvalue weighted by atomic mass is 32.2. The van der Waals surface area contributed by atoms with Crippen LogP contribution in [0.5, 0.6) is 0 Å². The van der Waals surface area contributed by atoms with E-state index in [1.807, 2.05) is 18.9 Å². The smallest absolute Gasteiger partial charge is 0.152 e. The first-order chi connectivity index (χ1) is 8.41. The van der Waals surface area contributed by atoms with Crippen molar-refractivity contribution in [1.82, 2.24) is 9.97 Å². The highest BCUT2D eigenvalue weighted by Crippen LogP contribution is 2.22. The van der Waals surface area contributed by atoms with E-state index in [0.717, 1.165) is 0 Å². The molecule has 0 aliphatic carbocycles. The number of hydrogen-bond donors (Lipinski definition) is 1. The van der Waals surface area contributed by atoms with Crippen LogP contribution in [0.2, 0.25) is 0 Å². The van der Waals surface area contributed by atoms with Crippen LogP contribution in [0.15, 0.2) is 6.07 Å². The molecule has 6 nitrogen and oxygen atoms in total. The SMILES string of the molecule is CCc1nc(N)cc(N(C)C2CCS(=O)(=O)C2)n1. The predicted octanol–water partition coefficient (Wildman–Crippen LogP) is 0.244. The number of anilines is 2. The Labute approximate surface area is 107 Å². The van der Waals surface area contributed by atoms with Crippen LogP contribution in [0.25, 0.3) is 0 Å². The van der Waals surface area contributed by atoms with Gasteiger partial charge in [0.25, 0.3) is 0 Å². The normalized spacial score (nSPS) is 22.0. The summed E-state index contributed by atoms with van der Waals surface area (Å²) in [5, 5.41) is 0. The van der Waals surface area contributed by atoms with Crippen molar-refractivity contribution < 1.29 is 8.42 Å². The van der Waals surface area contributed by atoms with Crippen molar-refractivity contribution in [3.05, 3.63) is 11.9 Å². The van der Waals surface area contributed by atoms with Crippen LogP contribution in [0.1, 0.15) is 19.2 Å². The summed E-state index contributed by atoms with van der Waals surface area (Å²) < 4.78 is 23.0. The topological polar surface area (TPSA) is 89.2 Å². The molecule has 0 radical (unpaired) electrons. The molecule has 0 amide bonds. The van der Waals surface area contributed by atoms with Gasteiger partial charge in [-0.3, -0.25) is 0 Å². The Morgan fingerprint density at radius 3 is 2.78 bits per heavy atom. The monoisotopic (exact) mass is 270 g/mol. The standard InChI is InChI=1S/C11H18N4O2S/c1-3-10-13-9(12)6-11(14-10)15(2)8-4-5-18(16,17)7-8/h6,8H,3-5,7H2,1-2H3,(H2,12,13,14). The lowest BCUT2D eigenvalue weighted by Crippen LogP contribution is -2.33. The molecule has 2 N–H and O–H groups in total. The van der Waals surface area contributed by atoms with Gasteiger partial charge in [0, 0.05) is 25.6 Å². The van der Waals surface area contributed by atoms with Crippen LogP contribution in [0, 0.1) is 0 Å². The molecule has 100 valence electrons. The summed E-state index contributed by atoms with van der Waals surface area (Å²) in [6.07, 6.45) is 1.35. The second-order valence-electron chi connectivity index (χ2n) is 4.59. The maximum atomic E-state index is 11.5. The van der Waals surface area contributed by atoms with Gasteiger partial charge in [0.05, 0.1) is 11.5 Å². The number of aromatic nitrogens is 2. The van der Waals surface area contributed by atoms with E-state index in [0.29, 0.717) is 30.3 Å². The lowest BCUT2D eigenvalue weighted by Gasteiger charge is -2.24. The number of aryl methyl sites for hydroxylation is 1. The lowest BCUT2D eigenvalue weighted by atomic mass is 10.2. The van der Waals surface area contributed by atoms with E-state index in [2.05, 4.69) is 9.97 Å². The second-order valence-corrected chi connectivity index (χ2v) is 6.82. The molecule has 0 saturated carbocycles. The predicted molar refractivity (Wildman–Crippen MR) is 71.3 cm³/mol. The molecule has 7 heteroatoms. The van der Waals surface area contributed by atoms with Crippen LogP contribution in [-0.4, -0.2) is 43.0 Å². The van der Waals surface area contributed by atoms with E-state index in [1.165, 1.54) is 0 Å². The first kappa shape index (κ1) is 13.1. The van der Waals surface area contributed by atoms with Crippen molar-refractivity contribution in [1.29, 1.82) is 0 Å². The summed E-state index contributed by atoms with van der Waals surface area (Å²) in [4.78, 5) is 10.4. The molecule has 1 atom stereocenters. The van der Waals surface area contributed by atoms with Crippen molar-refractivity contribution in [3.8, 4) is 0 Å². The third-order valence-electron chi connectivity index (χ3n) is 3.21. The minimum absolute atomic E-state index is 0.0194. The van der Waals surface area contributed by atoms with E-state index in [1.54, 1.807) is 6.07 Å². The zero-order chi connectivity index (χ0) is 13.3. The molecule has 1 aromatic heterocycles. The number of nitrogen functional groups attached to an aromatic ring is 1. The number of nitrogens with two attached hydrogens (primary N) is 1. The summed E-state index contributed by atoms with van der Waals surface area (Å²) in [6.45, 7) is 1.96. The summed E-state index contributed by atoms with van der Waals surface area (Å²) >= 11 is 0. The fraction of sp³-hybridized carbons (Fsp3) is 0.636. The van der Waals surface area contributed by atoms with Crippen LogP contribution in [-0.2, 0) is 16.3 Å². The third-order valence-corrected chi connectivity index (χ3v) is 4.96. The van der Waals surface area contributed by atoms with Gasteiger partial charge in [0.15, 0.2) is 9.84 Å². The van der Waals surface area contributed by atoms with Crippen LogP contribution in [0.4, 0.5) is 11.6 Å². The van der Waals surface area contributed by atoms with Gasteiger partial charge >= 0.3 is 0 Å². The lowest BCUT2D eigenvalue weighted by molar-refractivity contribution is 0.600. The molecule has 1 saturated heterocycles. The summed E-state index contributed by atoms with van der Waals surface area (Å²) in [5.74, 6) is 2.24. The molecule has 2 rings (SSSR count). The minimum atomic E-state index is -2.89. The summed E-state index contributed by atoms with van der Waals surface area (Å²) in [6, 6.07) is 1.67. The van der Waals surface area contributed by atoms with Crippen LogP contribution in [0.3, 0.4) is 0 Å². The van der Waals surface area contributed by atoms with Crippen LogP contribution < -0.4 is 10.6 Å². The number of hydrogen-bond acceptors (Lipinski definition) is 6. The largest absolute Gasteiger partial charge is 0.384 e. The Bertz CT molecular complexity index is 544. The molecule has 1 aromatic rings. The first-order valence-electron chi connectivity index (χ1n) is 5.98. The van der Waals surface area contributed by atoms with Crippen molar-refractivity contribution in [2.24, 2.45) is 0 Å². The molecule has 0 spiro atoms. The molecule has 0 bridgehead atoms. The van der Waals surface area contributed by atoms with Crippen molar-refractivity contribution in [3.63, 3.8) is 0 Å². The average molecular weight is 270 g/mol. The second kappa shape index (κ2) is 4.72. The Morgan fingerprint density at radius 2 is 2.22 bits per heavy atom. The van der Waals surface area contributed by atoms with Gasteiger partial charge < -0.3 is 10.6 Å². The van der Waals surface area contributed by atoms with Crippen LogP contribution >= 0.6 is 0 Å². The van der Waals surface area contributed by atoms with Crippen molar-refractivity contribution in [2.75, 3.05) is 29.2 Å². The third kappa shape index (κ3) is 2.72. The molecule has 1 fully saturated rings. The fourth-order valence-corrected chi connectivity index (χ4v) is 3.88. The van der Waals surface area contributed by atoms with Gasteiger partial charge in [0.1, 0.15) is 17.5 Å². The van der Waals surface area contributed by atoms with Gasteiger partial charge in [-0.2, -0.15) is 0 Å². The van der Waals surface area contributed by atoms with Gasteiger partial charge in [-0.1, -0.05) is 6.92 Å². The van der Waals surface area contributed by atoms with E-state index in [-0.39, 0.29) is 17.5 Å². The highest BCUT2D eigenvalue weighted by molar-refractivity contribution is 7.91. The minimum Gasteiger partial charge on any atom is -0.384 e. The summed E-state index contributed by atoms with van der Waals surface area (Å²) in [5.41, 5.74) is 5.73. The van der Waals surface area contributed by atoms with E-state index < -0.39 is 9.84 Å². The zero-order valence-electron chi connectivity index (χ0n) is 10.6. The fourth-order valence-electron chi connectivity index (χ4n) is 2.11. The van der Waals surface area contributed by atoms with Gasteiger partial charge in [-0.15, -0.1) is 0 Å². The van der Waals surface area contributed by atoms with E-state index in [9.17, 15) is 8.42 Å². The molecule has 18 heavy (non-hydrogen) atoms. The average Bonchev–Trinajstić information content (AvgIpc) is 2.67. The molecule has 0 aromatic carbocycles. The van der Waals surface area contributed by atoms with Gasteiger partial charge in [0.2, 0.25) is 0 Å². The van der Waals surface area contributed by atoms with Gasteiger partial charge in [-0.25, -0.2) is 18.4 Å². The maximum Gasteiger partial charge on any atom is 0.152 e. The molecule has 2 heterocycles. The Kier molecular flexibility index (Phi) is 3.43. The molecular formula is C11H18N4O2S. The van der Waals surface area contributed by atoms with Crippen molar-refractivity contribution >= 4 is 21.5 Å². The molecule has 1 unspecified atom stereocenters. The molecule has 1 aliphatic rings. The van der Waals surface area contributed by atoms with Gasteiger partial charge in [-0.05, 0) is 6.42 Å². The van der Waals surface area contributed by atoms with E-state index >= 15 is 0 Å². The van der Waals surface area contributed by atoms with Crippen molar-refractivity contribution in [2.45, 2.75) is 25.8 Å². The Morgan fingerprint density at radius 1 is 1.50 bits per heavy atom. The quantitative estimate of drug-likeness (QED) is 0.846. The molecule has 1 aliphatic heterocycles. The number of nitrogens with zero attached hydrogens (tertiary/aromatic N) is 3. The zero-order valence-corrected chi connectivity index (χ0v) is 11.4. The first-order valence-corrected chi connectivity index (χ1v) is 7.80. The highest BCUT2D eigenvalue weighted by Gasteiger charge is 2.31. The number of rotatable bonds is 3. The van der Waals surface area contributed by atoms with E-state index in [4.69, 9.17) is 5.73 Å².